The Hall–Kier alpha value is -2.87. The summed E-state index contributed by atoms with van der Waals surface area (Å²) >= 11 is 12.2. The highest BCUT2D eigenvalue weighted by Gasteiger charge is 2.26. The average Bonchev–Trinajstić information content (AvgIpc) is 2.99. The molecule has 0 saturated heterocycles. The number of nitrogen functional groups attached to an aromatic ring is 1. The molecule has 0 atom stereocenters. The van der Waals surface area contributed by atoms with Crippen molar-refractivity contribution >= 4 is 57.2 Å². The molecule has 4 aromatic rings. The van der Waals surface area contributed by atoms with E-state index < -0.39 is 5.97 Å². The molecule has 0 spiro atoms. The molecular formula is C20H16Cl2N4O3. The monoisotopic (exact) mass is 430 g/mol. The second-order valence-electron chi connectivity index (χ2n) is 6.21. The minimum Gasteiger partial charge on any atom is -0.459 e. The first-order chi connectivity index (χ1) is 14.0. The van der Waals surface area contributed by atoms with Gasteiger partial charge in [-0.05, 0) is 30.3 Å². The van der Waals surface area contributed by atoms with Gasteiger partial charge < -0.3 is 15.2 Å². The van der Waals surface area contributed by atoms with E-state index in [9.17, 15) is 4.79 Å². The molecule has 2 N–H and O–H groups in total. The van der Waals surface area contributed by atoms with Crippen LogP contribution in [0.1, 0.15) is 10.4 Å². The van der Waals surface area contributed by atoms with E-state index in [1.54, 1.807) is 22.8 Å². The summed E-state index contributed by atoms with van der Waals surface area (Å²) in [6.07, 6.45) is 0. The van der Waals surface area contributed by atoms with Crippen LogP contribution in [0.3, 0.4) is 0 Å². The third kappa shape index (κ3) is 3.48. The maximum atomic E-state index is 12.8. The van der Waals surface area contributed by atoms with Gasteiger partial charge >= 0.3 is 5.97 Å². The average molecular weight is 431 g/mol. The fraction of sp³-hybridized carbons (Fsp3) is 0.150. The molecule has 4 rings (SSSR count). The Labute approximate surface area is 176 Å². The Morgan fingerprint density at radius 3 is 2.48 bits per heavy atom. The van der Waals surface area contributed by atoms with Gasteiger partial charge in [0.05, 0.1) is 33.4 Å². The summed E-state index contributed by atoms with van der Waals surface area (Å²) in [5.41, 5.74) is 9.18. The lowest BCUT2D eigenvalue weighted by molar-refractivity contribution is 0.0391. The zero-order valence-corrected chi connectivity index (χ0v) is 16.9. The van der Waals surface area contributed by atoms with Gasteiger partial charge in [-0.3, -0.25) is 4.57 Å². The molecule has 2 heterocycles. The van der Waals surface area contributed by atoms with Crippen molar-refractivity contribution in [1.82, 2.24) is 14.5 Å². The van der Waals surface area contributed by atoms with Gasteiger partial charge in [0.2, 0.25) is 0 Å². The lowest BCUT2D eigenvalue weighted by atomic mass is 10.2. The van der Waals surface area contributed by atoms with Crippen LogP contribution in [0.25, 0.3) is 27.9 Å². The van der Waals surface area contributed by atoms with Crippen molar-refractivity contribution in [3.8, 4) is 5.69 Å². The van der Waals surface area contributed by atoms with Crippen LogP contribution >= 0.6 is 23.2 Å². The Balaban J connectivity index is 1.98. The maximum Gasteiger partial charge on any atom is 0.344 e. The summed E-state index contributed by atoms with van der Waals surface area (Å²) in [5, 5.41) is 0.754. The number of rotatable bonds is 5. The largest absolute Gasteiger partial charge is 0.459 e. The van der Waals surface area contributed by atoms with E-state index in [0.29, 0.717) is 37.9 Å². The Bertz CT molecular complexity index is 1240. The number of esters is 1. The second kappa shape index (κ2) is 7.87. The number of nitrogens with zero attached hydrogens (tertiary/aromatic N) is 3. The number of hydrogen-bond acceptors (Lipinski definition) is 6. The van der Waals surface area contributed by atoms with E-state index in [-0.39, 0.29) is 24.6 Å². The number of benzene rings is 2. The predicted octanol–water partition coefficient (Wildman–Crippen LogP) is 4.27. The molecule has 0 amide bonds. The summed E-state index contributed by atoms with van der Waals surface area (Å²) in [4.78, 5) is 22.1. The number of halogens is 2. The molecule has 0 unspecified atom stereocenters. The van der Waals surface area contributed by atoms with E-state index in [2.05, 4.69) is 9.97 Å². The van der Waals surface area contributed by atoms with Crippen molar-refractivity contribution in [3.05, 3.63) is 58.1 Å². The number of carbonyl (C=O) groups excluding carboxylic acids is 1. The first-order valence-corrected chi connectivity index (χ1v) is 9.45. The highest BCUT2D eigenvalue weighted by Crippen LogP contribution is 2.33. The van der Waals surface area contributed by atoms with Gasteiger partial charge in [0.1, 0.15) is 23.5 Å². The molecule has 0 saturated carbocycles. The Kier molecular flexibility index (Phi) is 5.27. The summed E-state index contributed by atoms with van der Waals surface area (Å²) in [6, 6.07) is 12.4. The number of nitrogens with two attached hydrogens (primary N) is 1. The molecule has 0 aliphatic carbocycles. The number of fused-ring (bicyclic) bond motifs is 2. The molecule has 2 aromatic heterocycles. The van der Waals surface area contributed by atoms with Gasteiger partial charge in [0, 0.05) is 7.11 Å². The van der Waals surface area contributed by atoms with Crippen LogP contribution in [0.5, 0.6) is 0 Å². The standard InChI is InChI=1S/C20H16Cl2N4O3/c1-28-8-9-29-20(27)16-17-19(25-15-5-3-2-4-14(15)24-17)26(18(16)23)11-6-7-12(21)13(22)10-11/h2-7,10H,8-9,23H2,1H3. The van der Waals surface area contributed by atoms with Gasteiger partial charge in [0.25, 0.3) is 0 Å². The summed E-state index contributed by atoms with van der Waals surface area (Å²) in [5.74, 6) is -0.455. The molecule has 0 aliphatic heterocycles. The molecule has 0 fully saturated rings. The number of ether oxygens (including phenoxy) is 2. The van der Waals surface area contributed by atoms with Crippen LogP contribution in [-0.2, 0) is 9.47 Å². The summed E-state index contributed by atoms with van der Waals surface area (Å²) < 4.78 is 11.8. The number of anilines is 1. The van der Waals surface area contributed by atoms with Crippen LogP contribution in [0.2, 0.25) is 10.0 Å². The van der Waals surface area contributed by atoms with E-state index in [1.165, 1.54) is 7.11 Å². The van der Waals surface area contributed by atoms with Crippen LogP contribution in [0.4, 0.5) is 5.82 Å². The van der Waals surface area contributed by atoms with Crippen molar-refractivity contribution in [2.75, 3.05) is 26.1 Å². The molecule has 2 aromatic carbocycles. The SMILES string of the molecule is COCCOC(=O)c1c(N)n(-c2ccc(Cl)c(Cl)c2)c2nc3ccccc3nc12. The van der Waals surface area contributed by atoms with E-state index in [1.807, 2.05) is 24.3 Å². The second-order valence-corrected chi connectivity index (χ2v) is 7.02. The van der Waals surface area contributed by atoms with Crippen LogP contribution < -0.4 is 5.73 Å². The van der Waals surface area contributed by atoms with Crippen LogP contribution in [-0.4, -0.2) is 40.8 Å². The van der Waals surface area contributed by atoms with Crippen LogP contribution in [0, 0.1) is 0 Å². The summed E-state index contributed by atoms with van der Waals surface area (Å²) in [6.45, 7) is 0.362. The zero-order chi connectivity index (χ0) is 20.5. The molecule has 0 bridgehead atoms. The third-order valence-corrected chi connectivity index (χ3v) is 5.12. The quantitative estimate of drug-likeness (QED) is 0.375. The van der Waals surface area contributed by atoms with Crippen molar-refractivity contribution < 1.29 is 14.3 Å². The molecule has 7 nitrogen and oxygen atoms in total. The van der Waals surface area contributed by atoms with Gasteiger partial charge in [-0.2, -0.15) is 0 Å². The van der Waals surface area contributed by atoms with Crippen LogP contribution in [0.15, 0.2) is 42.5 Å². The van der Waals surface area contributed by atoms with Gasteiger partial charge in [-0.15, -0.1) is 0 Å². The minimum absolute atomic E-state index is 0.0925. The number of aromatic nitrogens is 3. The maximum absolute atomic E-state index is 12.8. The molecule has 0 radical (unpaired) electrons. The highest BCUT2D eigenvalue weighted by molar-refractivity contribution is 6.42. The Morgan fingerprint density at radius 2 is 1.79 bits per heavy atom. The van der Waals surface area contributed by atoms with Gasteiger partial charge in [-0.25, -0.2) is 14.8 Å². The fourth-order valence-corrected chi connectivity index (χ4v) is 3.33. The lowest BCUT2D eigenvalue weighted by Gasteiger charge is -2.09. The lowest BCUT2D eigenvalue weighted by Crippen LogP contribution is -2.12. The first kappa shape index (κ1) is 19.4. The third-order valence-electron chi connectivity index (χ3n) is 4.38. The molecule has 29 heavy (non-hydrogen) atoms. The Morgan fingerprint density at radius 1 is 1.07 bits per heavy atom. The fourth-order valence-electron chi connectivity index (χ4n) is 3.04. The minimum atomic E-state index is -0.604. The smallest absolute Gasteiger partial charge is 0.344 e. The zero-order valence-electron chi connectivity index (χ0n) is 15.4. The molecule has 9 heteroatoms. The first-order valence-electron chi connectivity index (χ1n) is 8.69. The number of hydrogen-bond donors (Lipinski definition) is 1. The van der Waals surface area contributed by atoms with Crippen molar-refractivity contribution in [1.29, 1.82) is 0 Å². The molecular weight excluding hydrogens is 415 g/mol. The number of methoxy groups -OCH3 is 1. The predicted molar refractivity (Wildman–Crippen MR) is 113 cm³/mol. The van der Waals surface area contributed by atoms with Crippen molar-refractivity contribution in [2.45, 2.75) is 0 Å². The number of para-hydroxylation sites is 2. The number of carbonyl (C=O) groups is 1. The normalized spacial score (nSPS) is 11.3. The highest BCUT2D eigenvalue weighted by atomic mass is 35.5. The van der Waals surface area contributed by atoms with Gasteiger partial charge in [-0.1, -0.05) is 35.3 Å². The van der Waals surface area contributed by atoms with Crippen molar-refractivity contribution in [2.24, 2.45) is 0 Å². The molecule has 0 aliphatic rings. The molecule has 148 valence electrons. The van der Waals surface area contributed by atoms with E-state index >= 15 is 0 Å². The topological polar surface area (TPSA) is 92.3 Å². The van der Waals surface area contributed by atoms with Crippen molar-refractivity contribution in [3.63, 3.8) is 0 Å². The van der Waals surface area contributed by atoms with E-state index in [0.717, 1.165) is 0 Å². The summed E-state index contributed by atoms with van der Waals surface area (Å²) in [7, 11) is 1.52. The van der Waals surface area contributed by atoms with Gasteiger partial charge in [0.15, 0.2) is 5.65 Å². The van der Waals surface area contributed by atoms with E-state index in [4.69, 9.17) is 38.4 Å².